The lowest BCUT2D eigenvalue weighted by molar-refractivity contribution is -0.0483. The van der Waals surface area contributed by atoms with E-state index in [9.17, 15) is 10.2 Å². The number of rotatable bonds is 3. The van der Waals surface area contributed by atoms with E-state index in [4.69, 9.17) is 16.3 Å². The zero-order chi connectivity index (χ0) is 19.3. The summed E-state index contributed by atoms with van der Waals surface area (Å²) in [5.74, 6) is 0.721. The summed E-state index contributed by atoms with van der Waals surface area (Å²) in [4.78, 5) is 15.5. The maximum Gasteiger partial charge on any atom is 0.226 e. The lowest BCUT2D eigenvalue weighted by Crippen LogP contribution is -2.43. The number of hydrogen-bond acceptors (Lipinski definition) is 7. The third kappa shape index (κ3) is 3.27. The highest BCUT2D eigenvalue weighted by Crippen LogP contribution is 2.36. The number of aliphatic hydroxyl groups excluding tert-OH is 2. The van der Waals surface area contributed by atoms with Gasteiger partial charge in [-0.1, -0.05) is 19.7 Å². The second-order valence-corrected chi connectivity index (χ2v) is 13.7. The Hall–Kier alpha value is -1.52. The number of halogens is 1. The fraction of sp³-hybridized carbons (Fsp3) is 0.588. The molecule has 2 aliphatic rings. The third-order valence-electron chi connectivity index (χ3n) is 5.60. The first-order valence-electron chi connectivity index (χ1n) is 9.09. The van der Waals surface area contributed by atoms with Gasteiger partial charge in [-0.15, -0.1) is 0 Å². The molecule has 2 saturated heterocycles. The van der Waals surface area contributed by atoms with Gasteiger partial charge in [-0.25, -0.2) is 4.98 Å². The van der Waals surface area contributed by atoms with Crippen molar-refractivity contribution in [3.63, 3.8) is 0 Å². The van der Waals surface area contributed by atoms with E-state index in [0.717, 1.165) is 18.9 Å². The van der Waals surface area contributed by atoms with Crippen LogP contribution in [0.2, 0.25) is 30.5 Å². The van der Waals surface area contributed by atoms with Crippen LogP contribution < -0.4 is 4.90 Å². The zero-order valence-corrected chi connectivity index (χ0v) is 17.2. The van der Waals surface area contributed by atoms with Gasteiger partial charge in [0.25, 0.3) is 0 Å². The van der Waals surface area contributed by atoms with E-state index in [1.165, 1.54) is 12.1 Å². The number of nitrogens with zero attached hydrogens (tertiary/aromatic N) is 5. The van der Waals surface area contributed by atoms with Crippen molar-refractivity contribution >= 4 is 36.7 Å². The Morgan fingerprint density at radius 1 is 1.33 bits per heavy atom. The molecule has 0 unspecified atom stereocenters. The van der Waals surface area contributed by atoms with Crippen LogP contribution in [0, 0.1) is 0 Å². The molecule has 2 aromatic rings. The average Bonchev–Trinajstić information content (AvgIpc) is 3.16. The summed E-state index contributed by atoms with van der Waals surface area (Å²) in [6.07, 6.45) is -0.763. The SMILES string of the molecule is C=C1[C@@H](O)[C@H](n2cnc3c(N4CC[Si](C)(C)CC4)nc(Cl)nc32)O[C@@H]1CO. The molecule has 146 valence electrons. The molecule has 27 heavy (non-hydrogen) atoms. The predicted octanol–water partition coefficient (Wildman–Crippen LogP) is 1.81. The van der Waals surface area contributed by atoms with Crippen LogP contribution in [0.5, 0.6) is 0 Å². The molecule has 0 amide bonds. The Morgan fingerprint density at radius 3 is 2.67 bits per heavy atom. The average molecular weight is 410 g/mol. The topological polar surface area (TPSA) is 96.5 Å². The van der Waals surface area contributed by atoms with E-state index in [2.05, 4.69) is 39.5 Å². The number of hydrogen-bond donors (Lipinski definition) is 2. The molecule has 0 radical (unpaired) electrons. The molecule has 0 bridgehead atoms. The van der Waals surface area contributed by atoms with Crippen molar-refractivity contribution in [2.45, 2.75) is 43.6 Å². The number of ether oxygens (including phenoxy) is 1. The predicted molar refractivity (Wildman–Crippen MR) is 106 cm³/mol. The van der Waals surface area contributed by atoms with Gasteiger partial charge in [0.2, 0.25) is 5.28 Å². The van der Waals surface area contributed by atoms with Gasteiger partial charge in [-0.3, -0.25) is 4.57 Å². The van der Waals surface area contributed by atoms with Crippen LogP contribution in [-0.4, -0.2) is 69.7 Å². The van der Waals surface area contributed by atoms with Gasteiger partial charge < -0.3 is 19.8 Å². The van der Waals surface area contributed by atoms with Crippen LogP contribution >= 0.6 is 11.6 Å². The fourth-order valence-corrected chi connectivity index (χ4v) is 5.85. The zero-order valence-electron chi connectivity index (χ0n) is 15.5. The van der Waals surface area contributed by atoms with Crippen LogP contribution in [0.1, 0.15) is 6.23 Å². The molecular formula is C17H24ClN5O3Si. The van der Waals surface area contributed by atoms with Crippen LogP contribution in [0.3, 0.4) is 0 Å². The Labute approximate surface area is 163 Å². The highest BCUT2D eigenvalue weighted by Gasteiger charge is 2.39. The van der Waals surface area contributed by atoms with Gasteiger partial charge in [-0.2, -0.15) is 9.97 Å². The van der Waals surface area contributed by atoms with Crippen LogP contribution in [0.15, 0.2) is 18.5 Å². The summed E-state index contributed by atoms with van der Waals surface area (Å²) in [5, 5.41) is 20.0. The first kappa shape index (κ1) is 18.8. The minimum atomic E-state index is -1.12. The smallest absolute Gasteiger partial charge is 0.226 e. The molecule has 2 N–H and O–H groups in total. The van der Waals surface area contributed by atoms with Crippen molar-refractivity contribution in [2.75, 3.05) is 24.6 Å². The van der Waals surface area contributed by atoms with Crippen molar-refractivity contribution < 1.29 is 14.9 Å². The highest BCUT2D eigenvalue weighted by molar-refractivity contribution is 6.77. The molecule has 0 aromatic carbocycles. The molecule has 8 nitrogen and oxygen atoms in total. The van der Waals surface area contributed by atoms with Crippen LogP contribution in [-0.2, 0) is 4.74 Å². The van der Waals surface area contributed by atoms with E-state index in [1.807, 2.05) is 0 Å². The van der Waals surface area contributed by atoms with Gasteiger partial charge in [0.05, 0.1) is 21.0 Å². The molecule has 2 aliphatic heterocycles. The largest absolute Gasteiger partial charge is 0.393 e. The molecular weight excluding hydrogens is 386 g/mol. The van der Waals surface area contributed by atoms with Gasteiger partial charge in [0, 0.05) is 13.1 Å². The summed E-state index contributed by atoms with van der Waals surface area (Å²) in [6, 6.07) is 2.39. The summed E-state index contributed by atoms with van der Waals surface area (Å²) in [5.41, 5.74) is 1.57. The maximum atomic E-state index is 10.5. The summed E-state index contributed by atoms with van der Waals surface area (Å²) in [6.45, 7) is 10.3. The van der Waals surface area contributed by atoms with E-state index in [-0.39, 0.29) is 11.9 Å². The number of anilines is 1. The van der Waals surface area contributed by atoms with Crippen molar-refractivity contribution in [3.8, 4) is 0 Å². The summed E-state index contributed by atoms with van der Waals surface area (Å²) in [7, 11) is -1.12. The molecule has 4 rings (SSSR count). The third-order valence-corrected chi connectivity index (χ3v) is 8.92. The minimum absolute atomic E-state index is 0.131. The Bertz CT molecular complexity index is 879. The van der Waals surface area contributed by atoms with Gasteiger partial charge in [-0.05, 0) is 29.3 Å². The minimum Gasteiger partial charge on any atom is -0.393 e. The fourth-order valence-electron chi connectivity index (χ4n) is 3.69. The monoisotopic (exact) mass is 409 g/mol. The maximum absolute atomic E-state index is 10.5. The molecule has 0 spiro atoms. The molecule has 2 fully saturated rings. The van der Waals surface area contributed by atoms with E-state index in [1.54, 1.807) is 10.9 Å². The molecule has 4 heterocycles. The number of imidazole rings is 1. The lowest BCUT2D eigenvalue weighted by Gasteiger charge is -2.36. The van der Waals surface area contributed by atoms with E-state index >= 15 is 0 Å². The number of aromatic nitrogens is 4. The normalized spacial score (nSPS) is 28.3. The Kier molecular flexibility index (Phi) is 4.75. The highest BCUT2D eigenvalue weighted by atomic mass is 35.5. The van der Waals surface area contributed by atoms with Crippen LogP contribution in [0.4, 0.5) is 5.82 Å². The van der Waals surface area contributed by atoms with Crippen molar-refractivity contribution in [1.29, 1.82) is 0 Å². The quantitative estimate of drug-likeness (QED) is 0.453. The molecule has 3 atom stereocenters. The van der Waals surface area contributed by atoms with Crippen molar-refractivity contribution in [3.05, 3.63) is 23.8 Å². The molecule has 10 heteroatoms. The first-order valence-corrected chi connectivity index (χ1v) is 12.9. The second kappa shape index (κ2) is 6.82. The Morgan fingerprint density at radius 2 is 2.04 bits per heavy atom. The van der Waals surface area contributed by atoms with Crippen molar-refractivity contribution in [2.24, 2.45) is 0 Å². The van der Waals surface area contributed by atoms with Crippen LogP contribution in [0.25, 0.3) is 11.2 Å². The van der Waals surface area contributed by atoms with E-state index < -0.39 is 26.5 Å². The summed E-state index contributed by atoms with van der Waals surface area (Å²) >= 11 is 6.21. The Balaban J connectivity index is 1.72. The second-order valence-electron chi connectivity index (χ2n) is 8.01. The van der Waals surface area contributed by atoms with Crippen molar-refractivity contribution in [1.82, 2.24) is 19.5 Å². The van der Waals surface area contributed by atoms with Gasteiger partial charge in [0.15, 0.2) is 23.2 Å². The number of aliphatic hydroxyl groups is 2. The molecule has 0 saturated carbocycles. The van der Waals surface area contributed by atoms with E-state index in [0.29, 0.717) is 16.7 Å². The standard InChI is InChI=1S/C17H24ClN5O3Si/c1-10-11(8-24)26-16(13(10)25)23-9-19-12-14(20-17(18)21-15(12)23)22-4-6-27(2,3)7-5-22/h9,11,13,16,24-25H,1,4-8H2,2-3H3/t11-,13-,16-/m1/s1. The number of fused-ring (bicyclic) bond motifs is 1. The lowest BCUT2D eigenvalue weighted by atomic mass is 10.1. The van der Waals surface area contributed by atoms with Gasteiger partial charge >= 0.3 is 0 Å². The first-order chi connectivity index (χ1) is 12.8. The molecule has 2 aromatic heterocycles. The summed E-state index contributed by atoms with van der Waals surface area (Å²) < 4.78 is 7.39. The van der Waals surface area contributed by atoms with Gasteiger partial charge in [0.1, 0.15) is 12.2 Å². The molecule has 0 aliphatic carbocycles.